The highest BCUT2D eigenvalue weighted by molar-refractivity contribution is 7.16. The van der Waals surface area contributed by atoms with E-state index < -0.39 is 0 Å². The summed E-state index contributed by atoms with van der Waals surface area (Å²) in [6.07, 6.45) is 7.15. The van der Waals surface area contributed by atoms with E-state index in [4.69, 9.17) is 0 Å². The monoisotopic (exact) mass is 437 g/mol. The summed E-state index contributed by atoms with van der Waals surface area (Å²) in [5, 5.41) is 6.15. The minimum Gasteiger partial charge on any atom is -0.357 e. The highest BCUT2D eigenvalue weighted by Crippen LogP contribution is 2.27. The van der Waals surface area contributed by atoms with Gasteiger partial charge < -0.3 is 15.1 Å². The van der Waals surface area contributed by atoms with Crippen molar-refractivity contribution in [1.29, 1.82) is 0 Å². The van der Waals surface area contributed by atoms with Gasteiger partial charge in [0.25, 0.3) is 0 Å². The summed E-state index contributed by atoms with van der Waals surface area (Å²) in [6.45, 7) is 5.88. The number of hydrogen-bond acceptors (Lipinski definition) is 8. The number of anilines is 3. The average Bonchev–Trinajstić information content (AvgIpc) is 3.30. The van der Waals surface area contributed by atoms with Gasteiger partial charge in [-0.3, -0.25) is 9.69 Å². The number of piperazine rings is 1. The molecule has 162 valence electrons. The minimum atomic E-state index is 0.00299. The van der Waals surface area contributed by atoms with Crippen LogP contribution in [0.5, 0.6) is 0 Å². The van der Waals surface area contributed by atoms with Crippen LogP contribution in [0.25, 0.3) is 10.2 Å². The molecule has 2 aliphatic rings. The van der Waals surface area contributed by atoms with Crippen LogP contribution in [0.15, 0.2) is 36.1 Å². The number of pyridine rings is 1. The zero-order chi connectivity index (χ0) is 21.0. The van der Waals surface area contributed by atoms with E-state index in [-0.39, 0.29) is 5.91 Å². The van der Waals surface area contributed by atoms with E-state index in [0.717, 1.165) is 66.8 Å². The normalized spacial score (nSPS) is 17.8. The molecule has 0 bridgehead atoms. The van der Waals surface area contributed by atoms with Crippen LogP contribution in [0.4, 0.5) is 17.3 Å². The molecule has 9 heteroatoms. The number of amides is 1. The molecular weight excluding hydrogens is 410 g/mol. The fraction of sp³-hybridized carbons (Fsp3) is 0.455. The van der Waals surface area contributed by atoms with Crippen LogP contribution in [0.1, 0.15) is 19.3 Å². The third-order valence-corrected chi connectivity index (χ3v) is 6.81. The predicted molar refractivity (Wildman–Crippen MR) is 125 cm³/mol. The van der Waals surface area contributed by atoms with E-state index in [1.165, 1.54) is 19.3 Å². The van der Waals surface area contributed by atoms with Crippen molar-refractivity contribution in [3.63, 3.8) is 0 Å². The van der Waals surface area contributed by atoms with E-state index in [9.17, 15) is 4.79 Å². The van der Waals surface area contributed by atoms with Gasteiger partial charge in [-0.1, -0.05) is 0 Å². The van der Waals surface area contributed by atoms with Gasteiger partial charge in [-0.2, -0.15) is 0 Å². The zero-order valence-electron chi connectivity index (χ0n) is 17.5. The van der Waals surface area contributed by atoms with Gasteiger partial charge in [0.15, 0.2) is 0 Å². The van der Waals surface area contributed by atoms with Crippen LogP contribution >= 0.6 is 11.3 Å². The Labute approximate surface area is 185 Å². The van der Waals surface area contributed by atoms with Crippen molar-refractivity contribution in [2.24, 2.45) is 0 Å². The number of carbonyl (C=O) groups is 1. The molecule has 0 aromatic carbocycles. The van der Waals surface area contributed by atoms with Crippen molar-refractivity contribution in [2.45, 2.75) is 19.3 Å². The summed E-state index contributed by atoms with van der Waals surface area (Å²) >= 11 is 1.64. The van der Waals surface area contributed by atoms with Gasteiger partial charge in [-0.25, -0.2) is 15.0 Å². The number of thiophene rings is 1. The average molecular weight is 438 g/mol. The van der Waals surface area contributed by atoms with Gasteiger partial charge in [0.05, 0.1) is 23.8 Å². The number of nitrogens with zero attached hydrogens (tertiary/aromatic N) is 6. The molecule has 1 amide bonds. The lowest BCUT2D eigenvalue weighted by atomic mass is 10.1. The third-order valence-electron chi connectivity index (χ3n) is 5.99. The van der Waals surface area contributed by atoms with Crippen molar-refractivity contribution in [2.75, 3.05) is 60.9 Å². The summed E-state index contributed by atoms with van der Waals surface area (Å²) < 4.78 is 0. The summed E-state index contributed by atoms with van der Waals surface area (Å²) in [5.41, 5.74) is 0.755. The first kappa shape index (κ1) is 20.1. The highest BCUT2D eigenvalue weighted by Gasteiger charge is 2.22. The van der Waals surface area contributed by atoms with Crippen molar-refractivity contribution < 1.29 is 4.79 Å². The molecule has 1 N–H and O–H groups in total. The number of hydrogen-bond donors (Lipinski definition) is 1. The molecule has 3 aromatic heterocycles. The van der Waals surface area contributed by atoms with Crippen molar-refractivity contribution in [3.8, 4) is 0 Å². The molecule has 2 aliphatic heterocycles. The van der Waals surface area contributed by atoms with Crippen molar-refractivity contribution in [1.82, 2.24) is 19.9 Å². The number of piperidine rings is 1. The molecule has 0 saturated carbocycles. The number of rotatable bonds is 5. The lowest BCUT2D eigenvalue weighted by Gasteiger charge is -2.35. The van der Waals surface area contributed by atoms with Crippen LogP contribution in [0, 0.1) is 0 Å². The quantitative estimate of drug-likeness (QED) is 0.658. The molecule has 0 radical (unpaired) electrons. The number of carbonyl (C=O) groups excluding carboxylic acids is 1. The Kier molecular flexibility index (Phi) is 5.95. The fourth-order valence-electron chi connectivity index (χ4n) is 4.32. The molecule has 31 heavy (non-hydrogen) atoms. The van der Waals surface area contributed by atoms with E-state index in [1.54, 1.807) is 23.9 Å². The van der Waals surface area contributed by atoms with E-state index in [2.05, 4.69) is 46.4 Å². The zero-order valence-corrected chi connectivity index (χ0v) is 18.4. The van der Waals surface area contributed by atoms with Crippen LogP contribution in [0.3, 0.4) is 0 Å². The SMILES string of the molecule is O=C(CN1CCN(c2ncnc3sccc23)CC1)Nc1ccc(N2CCCCC2)nc1. The summed E-state index contributed by atoms with van der Waals surface area (Å²) in [5.74, 6) is 2.00. The molecule has 3 aromatic rings. The standard InChI is InChI=1S/C22H27N7OS/c30-20(26-17-4-5-19(23-14-17)28-7-2-1-3-8-28)15-27-9-11-29(12-10-27)21-18-6-13-31-22(18)25-16-24-21/h4-6,13-14,16H,1-3,7-12,15H2,(H,26,30). The number of fused-ring (bicyclic) bond motifs is 1. The Balaban J connectivity index is 1.12. The Morgan fingerprint density at radius 3 is 2.55 bits per heavy atom. The van der Waals surface area contributed by atoms with Gasteiger partial charge in [0, 0.05) is 39.3 Å². The van der Waals surface area contributed by atoms with Gasteiger partial charge in [0.1, 0.15) is 22.8 Å². The molecule has 5 rings (SSSR count). The molecule has 2 saturated heterocycles. The first-order valence-corrected chi connectivity index (χ1v) is 11.8. The molecule has 2 fully saturated rings. The van der Waals surface area contributed by atoms with Gasteiger partial charge in [0.2, 0.25) is 5.91 Å². The van der Waals surface area contributed by atoms with Gasteiger partial charge in [-0.15, -0.1) is 11.3 Å². The Morgan fingerprint density at radius 2 is 1.77 bits per heavy atom. The lowest BCUT2D eigenvalue weighted by molar-refractivity contribution is -0.117. The second-order valence-corrected chi connectivity index (χ2v) is 9.00. The van der Waals surface area contributed by atoms with E-state index in [0.29, 0.717) is 6.54 Å². The maximum atomic E-state index is 12.5. The molecular formula is C22H27N7OS. The van der Waals surface area contributed by atoms with E-state index >= 15 is 0 Å². The first-order valence-electron chi connectivity index (χ1n) is 10.9. The summed E-state index contributed by atoms with van der Waals surface area (Å²) in [7, 11) is 0. The minimum absolute atomic E-state index is 0.00299. The number of aromatic nitrogens is 3. The molecule has 0 unspecified atom stereocenters. The summed E-state index contributed by atoms with van der Waals surface area (Å²) in [4.78, 5) is 33.7. The van der Waals surface area contributed by atoms with Crippen molar-refractivity contribution >= 4 is 44.8 Å². The maximum Gasteiger partial charge on any atom is 0.238 e. The Bertz CT molecular complexity index is 1020. The van der Waals surface area contributed by atoms with Crippen molar-refractivity contribution in [3.05, 3.63) is 36.1 Å². The predicted octanol–water partition coefficient (Wildman–Crippen LogP) is 2.84. The van der Waals surface area contributed by atoms with Crippen LogP contribution in [0.2, 0.25) is 0 Å². The lowest BCUT2D eigenvalue weighted by Crippen LogP contribution is -2.49. The Morgan fingerprint density at radius 1 is 0.935 bits per heavy atom. The topological polar surface area (TPSA) is 77.5 Å². The van der Waals surface area contributed by atoms with Crippen LogP contribution < -0.4 is 15.1 Å². The first-order chi connectivity index (χ1) is 15.3. The maximum absolute atomic E-state index is 12.5. The van der Waals surface area contributed by atoms with Crippen LogP contribution in [-0.2, 0) is 4.79 Å². The fourth-order valence-corrected chi connectivity index (χ4v) is 5.05. The van der Waals surface area contributed by atoms with Crippen LogP contribution in [-0.4, -0.2) is 71.6 Å². The summed E-state index contributed by atoms with van der Waals surface area (Å²) in [6, 6.07) is 6.04. The van der Waals surface area contributed by atoms with Gasteiger partial charge >= 0.3 is 0 Å². The smallest absolute Gasteiger partial charge is 0.238 e. The molecule has 8 nitrogen and oxygen atoms in total. The molecule has 5 heterocycles. The second kappa shape index (κ2) is 9.15. The Hall–Kier alpha value is -2.78. The molecule has 0 aliphatic carbocycles. The highest BCUT2D eigenvalue weighted by atomic mass is 32.1. The van der Waals surface area contributed by atoms with Gasteiger partial charge in [-0.05, 0) is 42.8 Å². The third kappa shape index (κ3) is 4.62. The molecule has 0 atom stereocenters. The number of nitrogens with one attached hydrogen (secondary N) is 1. The second-order valence-electron chi connectivity index (χ2n) is 8.10. The largest absolute Gasteiger partial charge is 0.357 e. The molecule has 0 spiro atoms. The van der Waals surface area contributed by atoms with E-state index in [1.807, 2.05) is 12.1 Å².